The molecule has 0 unspecified atom stereocenters. The van der Waals surface area contributed by atoms with Crippen LogP contribution in [0.5, 0.6) is 0 Å². The molecule has 0 atom stereocenters. The SMILES string of the molecule is CCC[CH2][Sn]([CH2]CCC)([CH2]CCC)[c]1cnc(C(F)(F)F)nn1. The minimum absolute atomic E-state index is 0.836. The van der Waals surface area contributed by atoms with Crippen LogP contribution in [0.15, 0.2) is 6.20 Å². The Hall–Kier alpha value is -0.401. The molecule has 0 saturated heterocycles. The van der Waals surface area contributed by atoms with E-state index in [1.54, 1.807) is 0 Å². The van der Waals surface area contributed by atoms with E-state index in [0.29, 0.717) is 0 Å². The van der Waals surface area contributed by atoms with Crippen molar-refractivity contribution in [2.75, 3.05) is 0 Å². The van der Waals surface area contributed by atoms with E-state index in [4.69, 9.17) is 0 Å². The molecule has 0 saturated carbocycles. The monoisotopic (exact) mass is 439 g/mol. The van der Waals surface area contributed by atoms with Gasteiger partial charge < -0.3 is 0 Å². The molecule has 1 aromatic rings. The van der Waals surface area contributed by atoms with Crippen molar-refractivity contribution in [2.24, 2.45) is 0 Å². The maximum absolute atomic E-state index is 12.7. The summed E-state index contributed by atoms with van der Waals surface area (Å²) in [5.74, 6) is -1.12. The van der Waals surface area contributed by atoms with Gasteiger partial charge in [-0.3, -0.25) is 0 Å². The van der Waals surface area contributed by atoms with Gasteiger partial charge >= 0.3 is 141 Å². The van der Waals surface area contributed by atoms with Crippen LogP contribution >= 0.6 is 0 Å². The van der Waals surface area contributed by atoms with Crippen LogP contribution < -0.4 is 3.71 Å². The third-order valence-electron chi connectivity index (χ3n) is 4.39. The van der Waals surface area contributed by atoms with E-state index in [9.17, 15) is 13.2 Å². The van der Waals surface area contributed by atoms with E-state index in [-0.39, 0.29) is 0 Å². The van der Waals surface area contributed by atoms with Crippen molar-refractivity contribution in [3.05, 3.63) is 12.0 Å². The Morgan fingerprint density at radius 3 is 1.65 bits per heavy atom. The number of nitrogens with zero attached hydrogens (tertiary/aromatic N) is 3. The molecule has 23 heavy (non-hydrogen) atoms. The first-order chi connectivity index (χ1) is 10.9. The topological polar surface area (TPSA) is 38.7 Å². The summed E-state index contributed by atoms with van der Waals surface area (Å²) in [4.78, 5) is 3.59. The Bertz CT molecular complexity index is 427. The second-order valence-electron chi connectivity index (χ2n) is 6.26. The number of halogens is 3. The normalized spacial score (nSPS) is 12.6. The summed E-state index contributed by atoms with van der Waals surface area (Å²) in [6, 6.07) is 0. The van der Waals surface area contributed by atoms with Crippen molar-refractivity contribution in [3.8, 4) is 0 Å². The average molecular weight is 438 g/mol. The summed E-state index contributed by atoms with van der Waals surface area (Å²) in [6.07, 6.45) is 3.60. The maximum atomic E-state index is 12.7. The summed E-state index contributed by atoms with van der Waals surface area (Å²) in [5.41, 5.74) is 0. The van der Waals surface area contributed by atoms with Gasteiger partial charge in [0.05, 0.1) is 0 Å². The predicted octanol–water partition coefficient (Wildman–Crippen LogP) is 4.95. The van der Waals surface area contributed by atoms with Gasteiger partial charge in [-0.25, -0.2) is 0 Å². The molecule has 7 heteroatoms. The zero-order chi connectivity index (χ0) is 17.3. The second-order valence-corrected chi connectivity index (χ2v) is 19.3. The molecule has 1 heterocycles. The number of hydrogen-bond acceptors (Lipinski definition) is 3. The standard InChI is InChI=1S/C4HF3N3.3C4H9.Sn/c5-4(6,7)3-8-1-2-9-10-3;3*1-3-4-2;/h1H;3*1,3-4H2,2H3;. The zero-order valence-electron chi connectivity index (χ0n) is 14.4. The van der Waals surface area contributed by atoms with E-state index < -0.39 is 30.4 Å². The van der Waals surface area contributed by atoms with Crippen molar-refractivity contribution in [1.82, 2.24) is 15.2 Å². The van der Waals surface area contributed by atoms with Crippen LogP contribution in [0.25, 0.3) is 0 Å². The Labute approximate surface area is 141 Å². The number of hydrogen-bond donors (Lipinski definition) is 0. The molecule has 0 fully saturated rings. The molecule has 132 valence electrons. The predicted molar refractivity (Wildman–Crippen MR) is 89.4 cm³/mol. The van der Waals surface area contributed by atoms with E-state index in [1.807, 2.05) is 0 Å². The van der Waals surface area contributed by atoms with Gasteiger partial charge in [0.1, 0.15) is 0 Å². The molecule has 0 aliphatic rings. The average Bonchev–Trinajstić information content (AvgIpc) is 2.54. The van der Waals surface area contributed by atoms with Crippen LogP contribution in [0.3, 0.4) is 0 Å². The summed E-state index contributed by atoms with van der Waals surface area (Å²) >= 11 is -2.81. The van der Waals surface area contributed by atoms with Crippen LogP contribution in [0.1, 0.15) is 65.1 Å². The fraction of sp³-hybridized carbons (Fsp3) is 0.812. The molecule has 0 aromatic carbocycles. The minimum atomic E-state index is -4.51. The van der Waals surface area contributed by atoms with Crippen molar-refractivity contribution in [1.29, 1.82) is 0 Å². The van der Waals surface area contributed by atoms with E-state index in [2.05, 4.69) is 36.0 Å². The van der Waals surface area contributed by atoms with Gasteiger partial charge in [0, 0.05) is 0 Å². The third-order valence-corrected chi connectivity index (χ3v) is 19.4. The van der Waals surface area contributed by atoms with Gasteiger partial charge in [-0.1, -0.05) is 0 Å². The number of alkyl halides is 3. The zero-order valence-corrected chi connectivity index (χ0v) is 17.3. The first-order valence-corrected chi connectivity index (χ1v) is 16.1. The number of unbranched alkanes of at least 4 members (excludes halogenated alkanes) is 3. The molecular weight excluding hydrogens is 410 g/mol. The Balaban J connectivity index is 3.12. The Kier molecular flexibility index (Phi) is 8.79. The van der Waals surface area contributed by atoms with Gasteiger partial charge in [-0.05, 0) is 0 Å². The fourth-order valence-electron chi connectivity index (χ4n) is 2.95. The molecular formula is C16H28F3N3Sn. The van der Waals surface area contributed by atoms with E-state index >= 15 is 0 Å². The van der Waals surface area contributed by atoms with E-state index in [0.717, 1.165) is 55.5 Å². The van der Waals surface area contributed by atoms with Gasteiger partial charge in [0.25, 0.3) is 0 Å². The first kappa shape index (κ1) is 20.6. The summed E-state index contributed by atoms with van der Waals surface area (Å²) < 4.78 is 42.3. The van der Waals surface area contributed by atoms with Crippen LogP contribution in [0, 0.1) is 0 Å². The van der Waals surface area contributed by atoms with Crippen molar-refractivity contribution < 1.29 is 13.2 Å². The van der Waals surface area contributed by atoms with Crippen LogP contribution in [-0.4, -0.2) is 33.6 Å². The molecule has 0 bridgehead atoms. The van der Waals surface area contributed by atoms with E-state index in [1.165, 1.54) is 6.20 Å². The molecule has 0 radical (unpaired) electrons. The second kappa shape index (κ2) is 9.79. The number of rotatable bonds is 10. The van der Waals surface area contributed by atoms with Crippen LogP contribution in [0.2, 0.25) is 13.3 Å². The molecule has 1 rings (SSSR count). The quantitative estimate of drug-likeness (QED) is 0.486. The molecule has 0 aliphatic carbocycles. The van der Waals surface area contributed by atoms with Crippen LogP contribution in [0.4, 0.5) is 13.2 Å². The van der Waals surface area contributed by atoms with Crippen molar-refractivity contribution >= 4 is 22.1 Å². The van der Waals surface area contributed by atoms with Gasteiger partial charge in [-0.2, -0.15) is 0 Å². The number of aromatic nitrogens is 3. The molecule has 0 spiro atoms. The Morgan fingerprint density at radius 1 is 0.870 bits per heavy atom. The molecule has 1 aromatic heterocycles. The van der Waals surface area contributed by atoms with Gasteiger partial charge in [-0.15, -0.1) is 0 Å². The van der Waals surface area contributed by atoms with Crippen LogP contribution in [-0.2, 0) is 6.18 Å². The molecule has 3 nitrogen and oxygen atoms in total. The summed E-state index contributed by atoms with van der Waals surface area (Å²) in [6.45, 7) is 6.48. The molecule has 0 amide bonds. The molecule has 0 aliphatic heterocycles. The van der Waals surface area contributed by atoms with Gasteiger partial charge in [0.15, 0.2) is 0 Å². The summed E-state index contributed by atoms with van der Waals surface area (Å²) in [5, 5.41) is 7.44. The van der Waals surface area contributed by atoms with Crippen molar-refractivity contribution in [3.63, 3.8) is 0 Å². The first-order valence-electron chi connectivity index (χ1n) is 8.67. The molecule has 0 N–H and O–H groups in total. The van der Waals surface area contributed by atoms with Gasteiger partial charge in [0.2, 0.25) is 0 Å². The Morgan fingerprint density at radius 2 is 1.35 bits per heavy atom. The fourth-order valence-corrected chi connectivity index (χ4v) is 17.8. The summed E-state index contributed by atoms with van der Waals surface area (Å²) in [7, 11) is 0. The third kappa shape index (κ3) is 6.19. The van der Waals surface area contributed by atoms with Crippen molar-refractivity contribution in [2.45, 2.75) is 78.8 Å².